The van der Waals surface area contributed by atoms with E-state index in [1.165, 1.54) is 12.8 Å². The van der Waals surface area contributed by atoms with Gasteiger partial charge >= 0.3 is 6.03 Å². The van der Waals surface area contributed by atoms with Crippen LogP contribution in [0.25, 0.3) is 0 Å². The number of nitrogens with one attached hydrogen (secondary N) is 1. The van der Waals surface area contributed by atoms with Crippen LogP contribution in [0.5, 0.6) is 0 Å². The molecule has 1 aliphatic carbocycles. The highest BCUT2D eigenvalue weighted by molar-refractivity contribution is 7.90. The summed E-state index contributed by atoms with van der Waals surface area (Å²) < 4.78 is 27.4. The first kappa shape index (κ1) is 19.0. The average molecular weight is 372 g/mol. The van der Waals surface area contributed by atoms with Crippen LogP contribution in [0.2, 0.25) is 0 Å². The molecule has 2 saturated heterocycles. The number of rotatable bonds is 4. The summed E-state index contributed by atoms with van der Waals surface area (Å²) in [6.45, 7) is 6.75. The predicted octanol–water partition coefficient (Wildman–Crippen LogP) is 2.41. The first-order valence-electron chi connectivity index (χ1n) is 9.92. The van der Waals surface area contributed by atoms with Crippen LogP contribution in [0.3, 0.4) is 0 Å². The van der Waals surface area contributed by atoms with E-state index >= 15 is 0 Å². The molecule has 25 heavy (non-hydrogen) atoms. The van der Waals surface area contributed by atoms with E-state index in [0.717, 1.165) is 25.7 Å². The van der Waals surface area contributed by atoms with Gasteiger partial charge in [-0.05, 0) is 43.9 Å². The minimum atomic E-state index is -3.20. The second-order valence-electron chi connectivity index (χ2n) is 8.38. The minimum absolute atomic E-state index is 0.000866. The highest BCUT2D eigenvalue weighted by Crippen LogP contribution is 2.34. The van der Waals surface area contributed by atoms with Crippen molar-refractivity contribution in [2.45, 2.75) is 70.1 Å². The molecule has 0 bridgehead atoms. The first-order valence-corrected chi connectivity index (χ1v) is 11.4. The van der Waals surface area contributed by atoms with E-state index < -0.39 is 10.0 Å². The molecule has 0 aromatic rings. The van der Waals surface area contributed by atoms with Gasteiger partial charge < -0.3 is 10.2 Å². The Bertz CT molecular complexity index is 572. The van der Waals surface area contributed by atoms with Gasteiger partial charge in [0, 0.05) is 32.2 Å². The maximum absolute atomic E-state index is 12.9. The van der Waals surface area contributed by atoms with E-state index in [1.54, 1.807) is 4.31 Å². The lowest BCUT2D eigenvalue weighted by molar-refractivity contribution is 0.194. The molecule has 144 valence electrons. The van der Waals surface area contributed by atoms with Gasteiger partial charge in [0.05, 0.1) is 5.25 Å². The molecular formula is C18H33N3O3S. The Morgan fingerprint density at radius 1 is 1.12 bits per heavy atom. The molecule has 3 aliphatic rings. The molecule has 1 saturated carbocycles. The fraction of sp³-hybridized carbons (Fsp3) is 0.944. The van der Waals surface area contributed by atoms with Crippen LogP contribution in [0.1, 0.15) is 58.8 Å². The summed E-state index contributed by atoms with van der Waals surface area (Å²) in [7, 11) is -3.20. The van der Waals surface area contributed by atoms with Crippen LogP contribution >= 0.6 is 0 Å². The van der Waals surface area contributed by atoms with E-state index in [0.29, 0.717) is 44.6 Å². The molecule has 0 unspecified atom stereocenters. The molecule has 0 aromatic carbocycles. The number of urea groups is 1. The Labute approximate surface area is 152 Å². The number of amides is 2. The standard InChI is InChI=1S/C18H33N3O3S/c1-14(2)7-12-21-13-15-8-10-20(11-9-17(15)25(21,23)24)18(22)19-16-5-3-4-6-16/h14-17H,3-13H2,1-2H3,(H,19,22)/t15-,17-/m1/s1. The third-order valence-corrected chi connectivity index (χ3v) is 8.52. The van der Waals surface area contributed by atoms with Crippen molar-refractivity contribution in [3.63, 3.8) is 0 Å². The maximum Gasteiger partial charge on any atom is 0.317 e. The van der Waals surface area contributed by atoms with Crippen LogP contribution < -0.4 is 5.32 Å². The van der Waals surface area contributed by atoms with Crippen molar-refractivity contribution in [2.75, 3.05) is 26.2 Å². The van der Waals surface area contributed by atoms with Crippen LogP contribution in [-0.4, -0.2) is 61.1 Å². The molecule has 2 amide bonds. The number of likely N-dealkylation sites (tertiary alicyclic amines) is 1. The normalized spacial score (nSPS) is 30.4. The second-order valence-corrected chi connectivity index (χ2v) is 10.5. The lowest BCUT2D eigenvalue weighted by Crippen LogP contribution is -2.44. The summed E-state index contributed by atoms with van der Waals surface area (Å²) in [5.74, 6) is 0.678. The van der Waals surface area contributed by atoms with Crippen molar-refractivity contribution >= 4 is 16.1 Å². The van der Waals surface area contributed by atoms with Gasteiger partial charge in [0.15, 0.2) is 0 Å². The Balaban J connectivity index is 1.57. The number of nitrogens with zero attached hydrogens (tertiary/aromatic N) is 2. The van der Waals surface area contributed by atoms with Crippen molar-refractivity contribution in [1.29, 1.82) is 0 Å². The van der Waals surface area contributed by atoms with Gasteiger partial charge in [0.2, 0.25) is 10.0 Å². The van der Waals surface area contributed by atoms with Crippen LogP contribution in [0, 0.1) is 11.8 Å². The lowest BCUT2D eigenvalue weighted by atomic mass is 10.0. The number of carbonyl (C=O) groups is 1. The zero-order chi connectivity index (χ0) is 18.0. The number of hydrogen-bond acceptors (Lipinski definition) is 3. The summed E-state index contributed by atoms with van der Waals surface area (Å²) in [6.07, 6.45) is 6.81. The van der Waals surface area contributed by atoms with Gasteiger partial charge in [-0.1, -0.05) is 26.7 Å². The van der Waals surface area contributed by atoms with Crippen molar-refractivity contribution in [1.82, 2.24) is 14.5 Å². The summed E-state index contributed by atoms with van der Waals surface area (Å²) in [6, 6.07) is 0.312. The van der Waals surface area contributed by atoms with E-state index in [-0.39, 0.29) is 17.2 Å². The molecule has 0 aromatic heterocycles. The van der Waals surface area contributed by atoms with Gasteiger partial charge in [0.25, 0.3) is 0 Å². The number of carbonyl (C=O) groups excluding carboxylic acids is 1. The Hall–Kier alpha value is -0.820. The van der Waals surface area contributed by atoms with Crippen LogP contribution in [0.15, 0.2) is 0 Å². The highest BCUT2D eigenvalue weighted by Gasteiger charge is 2.47. The molecule has 6 nitrogen and oxygen atoms in total. The lowest BCUT2D eigenvalue weighted by Gasteiger charge is -2.24. The average Bonchev–Trinajstić information content (AvgIpc) is 3.05. The monoisotopic (exact) mass is 371 g/mol. The summed E-state index contributed by atoms with van der Waals surface area (Å²) >= 11 is 0. The SMILES string of the molecule is CC(C)CCN1C[C@H]2CCN(C(=O)NC3CCCC3)CC[C@H]2S1(=O)=O. The van der Waals surface area contributed by atoms with Gasteiger partial charge in [-0.25, -0.2) is 17.5 Å². The van der Waals surface area contributed by atoms with E-state index in [1.807, 2.05) is 4.90 Å². The molecule has 2 aliphatic heterocycles. The minimum Gasteiger partial charge on any atom is -0.335 e. The largest absolute Gasteiger partial charge is 0.335 e. The topological polar surface area (TPSA) is 69.7 Å². The van der Waals surface area contributed by atoms with Crippen LogP contribution in [0.4, 0.5) is 4.79 Å². The smallest absolute Gasteiger partial charge is 0.317 e. The highest BCUT2D eigenvalue weighted by atomic mass is 32.2. The van der Waals surface area contributed by atoms with Crippen molar-refractivity contribution in [3.05, 3.63) is 0 Å². The Kier molecular flexibility index (Phi) is 5.93. The van der Waals surface area contributed by atoms with Gasteiger partial charge in [-0.15, -0.1) is 0 Å². The fourth-order valence-electron chi connectivity index (χ4n) is 4.46. The molecule has 2 atom stereocenters. The Morgan fingerprint density at radius 2 is 1.80 bits per heavy atom. The molecule has 3 rings (SSSR count). The predicted molar refractivity (Wildman–Crippen MR) is 98.8 cm³/mol. The molecule has 1 N–H and O–H groups in total. The number of fused-ring (bicyclic) bond motifs is 1. The molecule has 2 heterocycles. The summed E-state index contributed by atoms with van der Waals surface area (Å²) in [4.78, 5) is 14.3. The zero-order valence-corrected chi connectivity index (χ0v) is 16.4. The van der Waals surface area contributed by atoms with E-state index in [9.17, 15) is 13.2 Å². The van der Waals surface area contributed by atoms with E-state index in [4.69, 9.17) is 0 Å². The van der Waals surface area contributed by atoms with Gasteiger partial charge in [0.1, 0.15) is 0 Å². The van der Waals surface area contributed by atoms with Gasteiger partial charge in [-0.2, -0.15) is 0 Å². The van der Waals surface area contributed by atoms with Crippen molar-refractivity contribution in [3.8, 4) is 0 Å². The van der Waals surface area contributed by atoms with Crippen molar-refractivity contribution in [2.24, 2.45) is 11.8 Å². The molecule has 0 spiro atoms. The molecule has 3 fully saturated rings. The maximum atomic E-state index is 12.9. The second kappa shape index (κ2) is 7.82. The first-order chi connectivity index (χ1) is 11.9. The number of sulfonamides is 1. The molecular weight excluding hydrogens is 338 g/mol. The molecule has 7 heteroatoms. The number of hydrogen-bond donors (Lipinski definition) is 1. The summed E-state index contributed by atoms with van der Waals surface area (Å²) in [5.41, 5.74) is 0. The quantitative estimate of drug-likeness (QED) is 0.825. The third kappa shape index (κ3) is 4.30. The Morgan fingerprint density at radius 3 is 2.48 bits per heavy atom. The third-order valence-electron chi connectivity index (χ3n) is 6.09. The van der Waals surface area contributed by atoms with Crippen molar-refractivity contribution < 1.29 is 13.2 Å². The van der Waals surface area contributed by atoms with Crippen LogP contribution in [-0.2, 0) is 10.0 Å². The molecule has 0 radical (unpaired) electrons. The summed E-state index contributed by atoms with van der Waals surface area (Å²) in [5, 5.41) is 2.83. The van der Waals surface area contributed by atoms with Gasteiger partial charge in [-0.3, -0.25) is 0 Å². The fourth-order valence-corrected chi connectivity index (χ4v) is 6.71. The zero-order valence-electron chi connectivity index (χ0n) is 15.6. The van der Waals surface area contributed by atoms with E-state index in [2.05, 4.69) is 19.2 Å².